The van der Waals surface area contributed by atoms with Gasteiger partial charge in [-0.1, -0.05) is 54.6 Å². The van der Waals surface area contributed by atoms with Crippen molar-refractivity contribution >= 4 is 32.5 Å². The van der Waals surface area contributed by atoms with Crippen LogP contribution >= 0.6 is 0 Å². The van der Waals surface area contributed by atoms with Crippen molar-refractivity contribution in [1.29, 1.82) is 0 Å². The van der Waals surface area contributed by atoms with Gasteiger partial charge in [0.05, 0.1) is 11.4 Å². The first kappa shape index (κ1) is 18.7. The Morgan fingerprint density at radius 1 is 0.926 bits per heavy atom. The van der Waals surface area contributed by atoms with Crippen LogP contribution < -0.4 is 9.46 Å². The number of carboxylic acids is 1. The summed E-state index contributed by atoms with van der Waals surface area (Å²) in [5.41, 5.74) is 1.38. The van der Waals surface area contributed by atoms with E-state index in [9.17, 15) is 13.2 Å². The Kier molecular flexibility index (Phi) is 5.61. The number of aryl methyl sites for hydroxylation is 1. The number of ether oxygens (including phenoxy) is 1. The van der Waals surface area contributed by atoms with E-state index in [0.29, 0.717) is 28.6 Å². The fraction of sp³-hybridized carbons (Fsp3) is 0.150. The number of nitrogens with one attached hydrogen (secondary N) is 1. The maximum atomic E-state index is 12.5. The summed E-state index contributed by atoms with van der Waals surface area (Å²) in [5, 5.41) is 10.1. The third-order valence-corrected chi connectivity index (χ3v) is 5.27. The van der Waals surface area contributed by atoms with Crippen LogP contribution in [0.15, 0.2) is 66.7 Å². The number of hydrogen-bond acceptors (Lipinski definition) is 4. The van der Waals surface area contributed by atoms with Crippen LogP contribution in [0.3, 0.4) is 0 Å². The second kappa shape index (κ2) is 8.09. The monoisotopic (exact) mass is 385 g/mol. The van der Waals surface area contributed by atoms with Gasteiger partial charge in [0.25, 0.3) is 0 Å². The first-order chi connectivity index (χ1) is 12.9. The molecule has 0 aliphatic rings. The minimum absolute atomic E-state index is 0.0391. The van der Waals surface area contributed by atoms with E-state index in [1.165, 1.54) is 0 Å². The van der Waals surface area contributed by atoms with Crippen molar-refractivity contribution in [3.63, 3.8) is 0 Å². The maximum Gasteiger partial charge on any atom is 0.341 e. The van der Waals surface area contributed by atoms with Gasteiger partial charge in [-0.05, 0) is 24.1 Å². The van der Waals surface area contributed by atoms with Crippen molar-refractivity contribution in [3.05, 3.63) is 72.3 Å². The molecule has 0 aliphatic carbocycles. The van der Waals surface area contributed by atoms with Crippen molar-refractivity contribution in [2.75, 3.05) is 17.1 Å². The summed E-state index contributed by atoms with van der Waals surface area (Å²) in [6, 6.07) is 19.6. The Bertz CT molecular complexity index is 1050. The zero-order valence-electron chi connectivity index (χ0n) is 14.5. The van der Waals surface area contributed by atoms with Crippen LogP contribution in [0.2, 0.25) is 0 Å². The van der Waals surface area contributed by atoms with E-state index in [0.717, 1.165) is 5.56 Å². The summed E-state index contributed by atoms with van der Waals surface area (Å²) in [4.78, 5) is 10.7. The lowest BCUT2D eigenvalue weighted by Gasteiger charge is -2.13. The number of fused-ring (bicyclic) bond motifs is 1. The molecule has 7 heteroatoms. The summed E-state index contributed by atoms with van der Waals surface area (Å²) in [5.74, 6) is -0.729. The van der Waals surface area contributed by atoms with Crippen LogP contribution in [-0.4, -0.2) is 31.9 Å². The molecule has 0 aliphatic heterocycles. The van der Waals surface area contributed by atoms with Gasteiger partial charge in [-0.25, -0.2) is 13.2 Å². The SMILES string of the molecule is O=C(O)COc1cccc2c(NS(=O)(=O)CCc3ccccc3)cccc12. The third kappa shape index (κ3) is 4.98. The quantitative estimate of drug-likeness (QED) is 0.621. The van der Waals surface area contributed by atoms with E-state index < -0.39 is 22.6 Å². The van der Waals surface area contributed by atoms with Gasteiger partial charge >= 0.3 is 5.97 Å². The predicted molar refractivity (Wildman–Crippen MR) is 105 cm³/mol. The molecule has 6 nitrogen and oxygen atoms in total. The van der Waals surface area contributed by atoms with Crippen molar-refractivity contribution < 1.29 is 23.1 Å². The summed E-state index contributed by atoms with van der Waals surface area (Å²) in [6.07, 6.45) is 0.411. The zero-order chi connectivity index (χ0) is 19.3. The fourth-order valence-corrected chi connectivity index (χ4v) is 3.87. The highest BCUT2D eigenvalue weighted by Gasteiger charge is 2.14. The Balaban J connectivity index is 1.81. The van der Waals surface area contributed by atoms with Gasteiger partial charge in [0, 0.05) is 10.8 Å². The first-order valence-electron chi connectivity index (χ1n) is 8.35. The largest absolute Gasteiger partial charge is 0.481 e. The topological polar surface area (TPSA) is 92.7 Å². The zero-order valence-corrected chi connectivity index (χ0v) is 15.3. The van der Waals surface area contributed by atoms with Gasteiger partial charge in [0.2, 0.25) is 10.0 Å². The fourth-order valence-electron chi connectivity index (χ4n) is 2.75. The second-order valence-corrected chi connectivity index (χ2v) is 7.84. The van der Waals surface area contributed by atoms with Crippen molar-refractivity contribution in [2.24, 2.45) is 0 Å². The van der Waals surface area contributed by atoms with Crippen LogP contribution in [0.25, 0.3) is 10.8 Å². The second-order valence-electron chi connectivity index (χ2n) is 6.00. The average molecular weight is 385 g/mol. The Labute approximate surface area is 157 Å². The molecule has 0 unspecified atom stereocenters. The normalized spacial score (nSPS) is 11.3. The minimum Gasteiger partial charge on any atom is -0.481 e. The van der Waals surface area contributed by atoms with E-state index in [2.05, 4.69) is 4.72 Å². The molecular formula is C20H19NO5S. The molecule has 0 amide bonds. The number of carboxylic acid groups (broad SMARTS) is 1. The van der Waals surface area contributed by atoms with Gasteiger partial charge in [0.15, 0.2) is 6.61 Å². The molecule has 140 valence electrons. The highest BCUT2D eigenvalue weighted by atomic mass is 32.2. The maximum absolute atomic E-state index is 12.5. The molecule has 27 heavy (non-hydrogen) atoms. The lowest BCUT2D eigenvalue weighted by molar-refractivity contribution is -0.139. The van der Waals surface area contributed by atoms with Gasteiger partial charge in [-0.2, -0.15) is 0 Å². The molecule has 0 aromatic heterocycles. The number of sulfonamides is 1. The first-order valence-corrected chi connectivity index (χ1v) is 10.0. The van der Waals surface area contributed by atoms with Crippen molar-refractivity contribution in [1.82, 2.24) is 0 Å². The lowest BCUT2D eigenvalue weighted by Crippen LogP contribution is -2.18. The average Bonchev–Trinajstić information content (AvgIpc) is 2.66. The highest BCUT2D eigenvalue weighted by molar-refractivity contribution is 7.92. The summed E-state index contributed by atoms with van der Waals surface area (Å²) >= 11 is 0. The van der Waals surface area contributed by atoms with Gasteiger partial charge in [-0.15, -0.1) is 0 Å². The number of aliphatic carboxylic acids is 1. The Morgan fingerprint density at radius 2 is 1.63 bits per heavy atom. The smallest absolute Gasteiger partial charge is 0.341 e. The van der Waals surface area contributed by atoms with E-state index in [-0.39, 0.29) is 5.75 Å². The molecule has 3 aromatic carbocycles. The van der Waals surface area contributed by atoms with Gasteiger partial charge < -0.3 is 9.84 Å². The lowest BCUT2D eigenvalue weighted by atomic mass is 10.1. The van der Waals surface area contributed by atoms with E-state index in [1.807, 2.05) is 30.3 Å². The van der Waals surface area contributed by atoms with Gasteiger partial charge in [-0.3, -0.25) is 4.72 Å². The minimum atomic E-state index is -3.55. The number of carbonyl (C=O) groups is 1. The summed E-state index contributed by atoms with van der Waals surface area (Å²) in [6.45, 7) is -0.466. The highest BCUT2D eigenvalue weighted by Crippen LogP contribution is 2.31. The van der Waals surface area contributed by atoms with E-state index in [1.54, 1.807) is 36.4 Å². The molecule has 0 atom stereocenters. The summed E-state index contributed by atoms with van der Waals surface area (Å²) in [7, 11) is -3.55. The number of benzene rings is 3. The molecule has 3 rings (SSSR count). The third-order valence-electron chi connectivity index (χ3n) is 4.00. The molecule has 0 saturated heterocycles. The van der Waals surface area contributed by atoms with Crippen LogP contribution in [0.4, 0.5) is 5.69 Å². The molecule has 0 bridgehead atoms. The van der Waals surface area contributed by atoms with E-state index >= 15 is 0 Å². The standard InChI is InChI=1S/C20H19NO5S/c22-20(23)14-26-19-11-5-8-16-17(19)9-4-10-18(16)21-27(24,25)13-12-15-6-2-1-3-7-15/h1-11,21H,12-14H2,(H,22,23). The Hall–Kier alpha value is -3.06. The van der Waals surface area contributed by atoms with Crippen LogP contribution in [0.5, 0.6) is 5.75 Å². The Morgan fingerprint density at radius 3 is 2.37 bits per heavy atom. The molecule has 3 aromatic rings. The molecule has 0 heterocycles. The molecule has 0 radical (unpaired) electrons. The van der Waals surface area contributed by atoms with Crippen LogP contribution in [0, 0.1) is 0 Å². The molecule has 0 spiro atoms. The molecule has 0 saturated carbocycles. The van der Waals surface area contributed by atoms with Gasteiger partial charge in [0.1, 0.15) is 5.75 Å². The van der Waals surface area contributed by atoms with E-state index in [4.69, 9.17) is 9.84 Å². The number of hydrogen-bond donors (Lipinski definition) is 2. The number of anilines is 1. The van der Waals surface area contributed by atoms with Crippen molar-refractivity contribution in [3.8, 4) is 5.75 Å². The van der Waals surface area contributed by atoms with Crippen LogP contribution in [-0.2, 0) is 21.2 Å². The molecular weight excluding hydrogens is 366 g/mol. The molecule has 0 fully saturated rings. The summed E-state index contributed by atoms with van der Waals surface area (Å²) < 4.78 is 32.9. The number of rotatable bonds is 8. The van der Waals surface area contributed by atoms with Crippen LogP contribution in [0.1, 0.15) is 5.56 Å². The predicted octanol–water partition coefficient (Wildman–Crippen LogP) is 3.29. The van der Waals surface area contributed by atoms with Crippen molar-refractivity contribution in [2.45, 2.75) is 6.42 Å². The molecule has 2 N–H and O–H groups in total.